The summed E-state index contributed by atoms with van der Waals surface area (Å²) in [5.74, 6) is -5.07. The SMILES string of the molecule is CCN1CCN(CC(=O)O)CCN(CC(=O)NCCCNC(=O)CN(C)C(=O)C2(O)CC/C=C/C(OC(=O)N(C)CC(=O)NCCCNC(=O)CCOCCC(=O)O)CC2)CCN(CC(=O)O)CC1.O=CO. The van der Waals surface area contributed by atoms with E-state index in [0.717, 1.165) is 16.3 Å². The van der Waals surface area contributed by atoms with Crippen molar-refractivity contribution in [2.45, 2.75) is 70.0 Å². The van der Waals surface area contributed by atoms with Crippen molar-refractivity contribution in [1.82, 2.24) is 50.7 Å². The molecule has 0 bridgehead atoms. The number of nitrogens with zero attached hydrogens (tertiary/aromatic N) is 6. The zero-order chi connectivity index (χ0) is 53.9. The van der Waals surface area contributed by atoms with Gasteiger partial charge in [0.15, 0.2) is 0 Å². The molecule has 27 heteroatoms. The van der Waals surface area contributed by atoms with E-state index in [1.54, 1.807) is 12.2 Å². The van der Waals surface area contributed by atoms with Gasteiger partial charge in [-0.3, -0.25) is 57.9 Å². The van der Waals surface area contributed by atoms with Gasteiger partial charge >= 0.3 is 24.0 Å². The summed E-state index contributed by atoms with van der Waals surface area (Å²) >= 11 is 0. The van der Waals surface area contributed by atoms with E-state index in [-0.39, 0.29) is 129 Å². The van der Waals surface area contributed by atoms with Gasteiger partial charge in [0.05, 0.1) is 45.8 Å². The highest BCUT2D eigenvalue weighted by Crippen LogP contribution is 2.27. The van der Waals surface area contributed by atoms with Gasteiger partial charge < -0.3 is 71.0 Å². The van der Waals surface area contributed by atoms with E-state index in [1.165, 1.54) is 14.1 Å². The Hall–Kier alpha value is -6.00. The van der Waals surface area contributed by atoms with Gasteiger partial charge in [0, 0.05) is 99.1 Å². The van der Waals surface area contributed by atoms with Crippen molar-refractivity contribution in [3.8, 4) is 0 Å². The number of hydrogen-bond donors (Lipinski definition) is 9. The Morgan fingerprint density at radius 3 is 1.57 bits per heavy atom. The highest BCUT2D eigenvalue weighted by atomic mass is 16.6. The second kappa shape index (κ2) is 36.8. The minimum atomic E-state index is -1.85. The summed E-state index contributed by atoms with van der Waals surface area (Å²) in [5.41, 5.74) is -1.85. The van der Waals surface area contributed by atoms with Gasteiger partial charge in [0.1, 0.15) is 18.2 Å². The van der Waals surface area contributed by atoms with Crippen LogP contribution in [0.2, 0.25) is 0 Å². The first kappa shape index (κ1) is 64.0. The summed E-state index contributed by atoms with van der Waals surface area (Å²) in [5, 5.41) is 56.7. The quantitative estimate of drug-likeness (QED) is 0.0225. The second-order valence-corrected chi connectivity index (χ2v) is 17.2. The molecule has 0 aromatic rings. The maximum atomic E-state index is 13.5. The summed E-state index contributed by atoms with van der Waals surface area (Å²) in [6.45, 7) is 6.43. The molecule has 0 radical (unpaired) electrons. The fourth-order valence-corrected chi connectivity index (χ4v) is 7.35. The lowest BCUT2D eigenvalue weighted by molar-refractivity contribution is -0.153. The van der Waals surface area contributed by atoms with Gasteiger partial charge in [-0.25, -0.2) is 4.79 Å². The molecule has 6 amide bonds. The van der Waals surface area contributed by atoms with Gasteiger partial charge in [-0.1, -0.05) is 13.0 Å². The van der Waals surface area contributed by atoms with Crippen molar-refractivity contribution in [2.75, 3.05) is 145 Å². The molecule has 2 unspecified atom stereocenters. The predicted molar refractivity (Wildman–Crippen MR) is 257 cm³/mol. The largest absolute Gasteiger partial charge is 0.483 e. The number of hydrogen-bond acceptors (Lipinski definition) is 17. The number of ether oxygens (including phenoxy) is 2. The molecule has 2 aliphatic rings. The molecule has 9 N–H and O–H groups in total. The minimum Gasteiger partial charge on any atom is -0.483 e. The Balaban J connectivity index is 0.00000841. The highest BCUT2D eigenvalue weighted by molar-refractivity contribution is 5.89. The molecule has 1 heterocycles. The Bertz CT molecular complexity index is 1730. The Morgan fingerprint density at radius 1 is 0.639 bits per heavy atom. The topological polar surface area (TPSA) is 358 Å². The number of amides is 6. The number of nitrogens with one attached hydrogen (secondary N) is 4. The summed E-state index contributed by atoms with van der Waals surface area (Å²) in [7, 11) is 2.78. The van der Waals surface area contributed by atoms with Crippen molar-refractivity contribution >= 4 is 60.0 Å². The number of carboxylic acids is 3. The normalized spacial score (nSPS) is 18.9. The molecule has 0 spiro atoms. The smallest absolute Gasteiger partial charge is 0.410 e. The van der Waals surface area contributed by atoms with Gasteiger partial charge in [-0.2, -0.15) is 0 Å². The monoisotopic (exact) mass is 1030 g/mol. The van der Waals surface area contributed by atoms with Gasteiger partial charge in [0.2, 0.25) is 23.6 Å². The van der Waals surface area contributed by atoms with E-state index in [0.29, 0.717) is 65.2 Å². The van der Waals surface area contributed by atoms with Crippen molar-refractivity contribution < 1.29 is 83.0 Å². The van der Waals surface area contributed by atoms with Crippen LogP contribution in [0.5, 0.6) is 0 Å². The Labute approximate surface area is 420 Å². The Morgan fingerprint density at radius 2 is 1.08 bits per heavy atom. The summed E-state index contributed by atoms with van der Waals surface area (Å²) in [4.78, 5) is 128. The summed E-state index contributed by atoms with van der Waals surface area (Å²) in [6.07, 6.45) is 2.80. The number of aliphatic carboxylic acids is 3. The Kier molecular flexibility index (Phi) is 32.8. The molecule has 1 fully saturated rings. The van der Waals surface area contributed by atoms with Crippen LogP contribution in [-0.2, 0) is 52.6 Å². The fourth-order valence-electron chi connectivity index (χ4n) is 7.35. The number of carboxylic acid groups (broad SMARTS) is 4. The fraction of sp³-hybridized carbons (Fsp3) is 0.733. The molecule has 27 nitrogen and oxygen atoms in total. The zero-order valence-corrected chi connectivity index (χ0v) is 41.9. The molecule has 0 aromatic heterocycles. The van der Waals surface area contributed by atoms with Crippen molar-refractivity contribution in [3.05, 3.63) is 12.2 Å². The van der Waals surface area contributed by atoms with Crippen LogP contribution in [0.25, 0.3) is 0 Å². The minimum absolute atomic E-state index is 0.00649. The maximum Gasteiger partial charge on any atom is 0.410 e. The predicted octanol–water partition coefficient (Wildman–Crippen LogP) is -3.02. The van der Waals surface area contributed by atoms with Gasteiger partial charge in [-0.05, 0) is 51.1 Å². The van der Waals surface area contributed by atoms with Crippen molar-refractivity contribution in [1.29, 1.82) is 0 Å². The average Bonchev–Trinajstić information content (AvgIpc) is 3.30. The molecule has 2 atom stereocenters. The molecule has 1 aliphatic heterocycles. The summed E-state index contributed by atoms with van der Waals surface area (Å²) < 4.78 is 10.6. The number of carbonyl (C=O) groups is 10. The van der Waals surface area contributed by atoms with Crippen LogP contribution >= 0.6 is 0 Å². The first-order chi connectivity index (χ1) is 34.2. The lowest BCUT2D eigenvalue weighted by atomic mass is 9.87. The van der Waals surface area contributed by atoms with Crippen LogP contribution < -0.4 is 21.3 Å². The van der Waals surface area contributed by atoms with E-state index >= 15 is 0 Å². The van der Waals surface area contributed by atoms with Crippen LogP contribution in [0.15, 0.2) is 12.2 Å². The number of carbonyl (C=O) groups excluding carboxylic acids is 6. The van der Waals surface area contributed by atoms with Crippen molar-refractivity contribution in [3.63, 3.8) is 0 Å². The first-order valence-corrected chi connectivity index (χ1v) is 24.0. The standard InChI is InChI=1S/C44H76N10O15.CH2O2/c1-4-51-19-21-53(32-40(61)62)25-23-52(24-26-54(22-20-51)33-41(63)64)31-38(58)48-18-8-17-46-36(56)29-49(2)42(65)44(67)13-6-5-9-34(10-14-44)69-43(66)50(3)30-37(57)47-16-7-15-45-35(55)11-27-68-28-12-39(59)60;2-1-3/h5,9,34,67H,4,6-8,10-33H2,1-3H3,(H,45,55)(H,46,56)(H,47,57)(H,48,58)(H,59,60)(H,61,62)(H,63,64);1H,(H,2,3)/b9-5+;. The molecular weight excluding hydrogens is 953 g/mol. The molecule has 2 rings (SSSR count). The number of rotatable bonds is 27. The number of allylic oxidation sites excluding steroid dienone is 1. The molecular formula is C45H78N10O17. The van der Waals surface area contributed by atoms with E-state index in [1.807, 2.05) is 21.6 Å². The van der Waals surface area contributed by atoms with Crippen LogP contribution in [0.1, 0.15) is 58.3 Å². The lowest BCUT2D eigenvalue weighted by Crippen LogP contribution is -2.51. The van der Waals surface area contributed by atoms with Gasteiger partial charge in [-0.15, -0.1) is 0 Å². The molecule has 410 valence electrons. The van der Waals surface area contributed by atoms with Crippen LogP contribution in [0.4, 0.5) is 4.79 Å². The third-order valence-electron chi connectivity index (χ3n) is 11.4. The van der Waals surface area contributed by atoms with Crippen molar-refractivity contribution in [2.24, 2.45) is 0 Å². The summed E-state index contributed by atoms with van der Waals surface area (Å²) in [6, 6.07) is 0. The van der Waals surface area contributed by atoms with Crippen LogP contribution in [0, 0.1) is 0 Å². The second-order valence-electron chi connectivity index (χ2n) is 17.2. The maximum absolute atomic E-state index is 13.5. The lowest BCUT2D eigenvalue weighted by Gasteiger charge is -2.33. The van der Waals surface area contributed by atoms with Gasteiger partial charge in [0.25, 0.3) is 12.4 Å². The van der Waals surface area contributed by atoms with Crippen LogP contribution in [-0.4, -0.2) is 272 Å². The highest BCUT2D eigenvalue weighted by Gasteiger charge is 2.39. The van der Waals surface area contributed by atoms with E-state index in [4.69, 9.17) is 24.5 Å². The molecule has 1 aliphatic carbocycles. The number of likely N-dealkylation sites (N-methyl/N-ethyl adjacent to an activating group) is 3. The van der Waals surface area contributed by atoms with E-state index < -0.39 is 53.4 Å². The molecule has 72 heavy (non-hydrogen) atoms. The van der Waals surface area contributed by atoms with E-state index in [2.05, 4.69) is 26.2 Å². The third kappa shape index (κ3) is 30.0. The third-order valence-corrected chi connectivity index (χ3v) is 11.4. The zero-order valence-electron chi connectivity index (χ0n) is 41.9. The molecule has 0 aromatic carbocycles. The van der Waals surface area contributed by atoms with Crippen LogP contribution in [0.3, 0.4) is 0 Å². The number of aliphatic hydroxyl groups is 1. The molecule has 1 saturated heterocycles. The molecule has 0 saturated carbocycles. The first-order valence-electron chi connectivity index (χ1n) is 24.0. The van der Waals surface area contributed by atoms with E-state index in [9.17, 15) is 58.5 Å². The average molecular weight is 1030 g/mol.